The van der Waals surface area contributed by atoms with Gasteiger partial charge in [-0.3, -0.25) is 9.80 Å². The summed E-state index contributed by atoms with van der Waals surface area (Å²) in [6, 6.07) is 0. The van der Waals surface area contributed by atoms with E-state index in [1.165, 1.54) is 5.01 Å². The Morgan fingerprint density at radius 3 is 3.00 bits per heavy atom. The largest absolute Gasteiger partial charge is 0.480 e. The van der Waals surface area contributed by atoms with Gasteiger partial charge in [0.15, 0.2) is 0 Å². The zero-order chi connectivity index (χ0) is 6.69. The predicted octanol–water partition coefficient (Wildman–Crippen LogP) is -0.246. The molecule has 1 aliphatic heterocycles. The third kappa shape index (κ3) is 1.67. The van der Waals surface area contributed by atoms with Crippen molar-refractivity contribution in [1.82, 2.24) is 5.01 Å². The van der Waals surface area contributed by atoms with Gasteiger partial charge in [-0.2, -0.15) is 5.11 Å². The fourth-order valence-corrected chi connectivity index (χ4v) is 0.606. The standard InChI is InChI=1S/C4H7N3O2/c8-4(9)3-7-2-1-5-6-7/h1-3H2,(H,8,9). The molecule has 0 saturated heterocycles. The lowest BCUT2D eigenvalue weighted by molar-refractivity contribution is -0.138. The van der Waals surface area contributed by atoms with Crippen LogP contribution in [0.3, 0.4) is 0 Å². The molecular formula is C4H7N3O2. The third-order valence-electron chi connectivity index (χ3n) is 0.966. The van der Waals surface area contributed by atoms with Crippen molar-refractivity contribution in [2.75, 3.05) is 19.6 Å². The van der Waals surface area contributed by atoms with Gasteiger partial charge in [-0.1, -0.05) is 5.22 Å². The van der Waals surface area contributed by atoms with Crippen LogP contribution >= 0.6 is 0 Å². The Balaban J connectivity index is 2.28. The van der Waals surface area contributed by atoms with Gasteiger partial charge in [0.25, 0.3) is 0 Å². The quantitative estimate of drug-likeness (QED) is 0.559. The number of hydrogen-bond acceptors (Lipinski definition) is 4. The predicted molar refractivity (Wildman–Crippen MR) is 28.9 cm³/mol. The molecule has 5 heteroatoms. The topological polar surface area (TPSA) is 65.3 Å². The van der Waals surface area contributed by atoms with Gasteiger partial charge in [-0.05, 0) is 0 Å². The molecule has 1 rings (SSSR count). The van der Waals surface area contributed by atoms with Crippen LogP contribution in [0.25, 0.3) is 0 Å². The lowest BCUT2D eigenvalue weighted by Gasteiger charge is -2.05. The lowest BCUT2D eigenvalue weighted by Crippen LogP contribution is -2.23. The van der Waals surface area contributed by atoms with Crippen LogP contribution in [0, 0.1) is 0 Å². The Bertz CT molecular complexity index is 145. The minimum Gasteiger partial charge on any atom is -0.480 e. The molecule has 0 amide bonds. The minimum absolute atomic E-state index is 0.0382. The van der Waals surface area contributed by atoms with Crippen LogP contribution in [0.5, 0.6) is 0 Å². The normalized spacial score (nSPS) is 16.7. The average molecular weight is 129 g/mol. The van der Waals surface area contributed by atoms with Crippen molar-refractivity contribution >= 4 is 5.97 Å². The first-order chi connectivity index (χ1) is 4.29. The molecule has 0 aromatic carbocycles. The molecule has 9 heavy (non-hydrogen) atoms. The number of aliphatic carboxylic acids is 1. The number of rotatable bonds is 2. The molecule has 0 bridgehead atoms. The van der Waals surface area contributed by atoms with E-state index in [1.54, 1.807) is 0 Å². The molecular weight excluding hydrogens is 122 g/mol. The molecule has 0 radical (unpaired) electrons. The Kier molecular flexibility index (Phi) is 1.62. The highest BCUT2D eigenvalue weighted by Crippen LogP contribution is 1.97. The van der Waals surface area contributed by atoms with Crippen molar-refractivity contribution in [2.24, 2.45) is 10.3 Å². The van der Waals surface area contributed by atoms with E-state index in [2.05, 4.69) is 10.3 Å². The molecule has 5 nitrogen and oxygen atoms in total. The summed E-state index contributed by atoms with van der Waals surface area (Å²) in [6.45, 7) is 1.21. The van der Waals surface area contributed by atoms with E-state index in [0.29, 0.717) is 13.1 Å². The van der Waals surface area contributed by atoms with Crippen LogP contribution in [0.15, 0.2) is 10.3 Å². The third-order valence-corrected chi connectivity index (χ3v) is 0.966. The fourth-order valence-electron chi connectivity index (χ4n) is 0.606. The second kappa shape index (κ2) is 2.43. The number of hydrogen-bond donors (Lipinski definition) is 1. The van der Waals surface area contributed by atoms with Crippen molar-refractivity contribution in [3.05, 3.63) is 0 Å². The van der Waals surface area contributed by atoms with Crippen molar-refractivity contribution < 1.29 is 9.90 Å². The number of nitrogens with zero attached hydrogens (tertiary/aromatic N) is 3. The Hall–Kier alpha value is -1.13. The van der Waals surface area contributed by atoms with Gasteiger partial charge in [0.05, 0.1) is 13.1 Å². The van der Waals surface area contributed by atoms with Crippen molar-refractivity contribution in [1.29, 1.82) is 0 Å². The summed E-state index contributed by atoms with van der Waals surface area (Å²) in [5, 5.41) is 16.8. The van der Waals surface area contributed by atoms with Crippen LogP contribution in [-0.2, 0) is 4.79 Å². The van der Waals surface area contributed by atoms with E-state index in [-0.39, 0.29) is 6.54 Å². The highest BCUT2D eigenvalue weighted by atomic mass is 16.4. The molecule has 0 saturated carbocycles. The fraction of sp³-hybridized carbons (Fsp3) is 0.750. The second-order valence-electron chi connectivity index (χ2n) is 1.74. The maximum absolute atomic E-state index is 10.0. The molecule has 0 aromatic heterocycles. The molecule has 0 aromatic rings. The SMILES string of the molecule is O=C(O)CN1CCN=N1. The first kappa shape index (κ1) is 6.00. The zero-order valence-electron chi connectivity index (χ0n) is 4.82. The van der Waals surface area contributed by atoms with Crippen LogP contribution in [0.4, 0.5) is 0 Å². The van der Waals surface area contributed by atoms with Crippen LogP contribution in [-0.4, -0.2) is 35.7 Å². The summed E-state index contributed by atoms with van der Waals surface area (Å²) in [6.07, 6.45) is 0. The van der Waals surface area contributed by atoms with Crippen molar-refractivity contribution in [3.63, 3.8) is 0 Å². The molecule has 1 N–H and O–H groups in total. The van der Waals surface area contributed by atoms with E-state index in [4.69, 9.17) is 5.11 Å². The monoisotopic (exact) mass is 129 g/mol. The van der Waals surface area contributed by atoms with Gasteiger partial charge in [-0.15, -0.1) is 0 Å². The first-order valence-electron chi connectivity index (χ1n) is 2.63. The average Bonchev–Trinajstić information content (AvgIpc) is 2.15. The summed E-state index contributed by atoms with van der Waals surface area (Å²) in [5.74, 6) is -0.865. The molecule has 50 valence electrons. The summed E-state index contributed by atoms with van der Waals surface area (Å²) in [4.78, 5) is 10.0. The summed E-state index contributed by atoms with van der Waals surface area (Å²) in [5.41, 5.74) is 0. The summed E-state index contributed by atoms with van der Waals surface area (Å²) < 4.78 is 0. The molecule has 1 aliphatic rings. The molecule has 1 heterocycles. The van der Waals surface area contributed by atoms with Crippen molar-refractivity contribution in [2.45, 2.75) is 0 Å². The zero-order valence-corrected chi connectivity index (χ0v) is 4.82. The maximum atomic E-state index is 10.0. The molecule has 0 unspecified atom stereocenters. The second-order valence-corrected chi connectivity index (χ2v) is 1.74. The minimum atomic E-state index is -0.865. The van der Waals surface area contributed by atoms with E-state index in [9.17, 15) is 4.79 Å². The number of carboxylic acids is 1. The Labute approximate surface area is 52.0 Å². The maximum Gasteiger partial charge on any atom is 0.324 e. The lowest BCUT2D eigenvalue weighted by atomic mass is 10.6. The molecule has 0 aliphatic carbocycles. The number of carbonyl (C=O) groups is 1. The number of carboxylic acid groups (broad SMARTS) is 1. The van der Waals surface area contributed by atoms with Gasteiger partial charge in [0.2, 0.25) is 0 Å². The smallest absolute Gasteiger partial charge is 0.324 e. The molecule has 0 fully saturated rings. The summed E-state index contributed by atoms with van der Waals surface area (Å²) in [7, 11) is 0. The Morgan fingerprint density at radius 1 is 1.78 bits per heavy atom. The molecule has 0 spiro atoms. The van der Waals surface area contributed by atoms with E-state index in [1.807, 2.05) is 0 Å². The van der Waals surface area contributed by atoms with Gasteiger partial charge in [0.1, 0.15) is 6.54 Å². The van der Waals surface area contributed by atoms with Crippen LogP contribution < -0.4 is 0 Å². The van der Waals surface area contributed by atoms with Crippen LogP contribution in [0.1, 0.15) is 0 Å². The van der Waals surface area contributed by atoms with Gasteiger partial charge in [-0.25, -0.2) is 0 Å². The van der Waals surface area contributed by atoms with Gasteiger partial charge < -0.3 is 5.11 Å². The van der Waals surface area contributed by atoms with Gasteiger partial charge in [0, 0.05) is 0 Å². The first-order valence-corrected chi connectivity index (χ1v) is 2.63. The summed E-state index contributed by atoms with van der Waals surface area (Å²) >= 11 is 0. The van der Waals surface area contributed by atoms with E-state index < -0.39 is 5.97 Å². The van der Waals surface area contributed by atoms with E-state index >= 15 is 0 Å². The highest BCUT2D eigenvalue weighted by Gasteiger charge is 2.09. The van der Waals surface area contributed by atoms with E-state index in [0.717, 1.165) is 0 Å². The van der Waals surface area contributed by atoms with Gasteiger partial charge >= 0.3 is 5.97 Å². The Morgan fingerprint density at radius 2 is 2.56 bits per heavy atom. The highest BCUT2D eigenvalue weighted by molar-refractivity contribution is 5.68. The van der Waals surface area contributed by atoms with Crippen molar-refractivity contribution in [3.8, 4) is 0 Å². The molecule has 0 atom stereocenters. The van der Waals surface area contributed by atoms with Crippen LogP contribution in [0.2, 0.25) is 0 Å².